The Morgan fingerprint density at radius 2 is 2.50 bits per heavy atom. The fraction of sp³-hybridized carbons (Fsp3) is 0.600. The third-order valence-corrected chi connectivity index (χ3v) is 3.82. The summed E-state index contributed by atoms with van der Waals surface area (Å²) in [5, 5.41) is 3.17. The summed E-state index contributed by atoms with van der Waals surface area (Å²) in [6.45, 7) is 6.11. The molecule has 1 unspecified atom stereocenters. The molecule has 0 aliphatic carbocycles. The van der Waals surface area contributed by atoms with Gasteiger partial charge in [0, 0.05) is 25.0 Å². The number of likely N-dealkylation sites (tertiary alicyclic amines) is 1. The molecule has 1 saturated heterocycles. The number of pyridine rings is 1. The van der Waals surface area contributed by atoms with E-state index in [0.29, 0.717) is 12.0 Å². The second kappa shape index (κ2) is 7.85. The molecule has 0 amide bonds. The maximum Gasteiger partial charge on any atom is 0.188 e. The molecule has 0 spiro atoms. The lowest BCUT2D eigenvalue weighted by atomic mass is 10.2. The smallest absolute Gasteiger partial charge is 0.188 e. The van der Waals surface area contributed by atoms with E-state index < -0.39 is 0 Å². The maximum atomic E-state index is 5.91. The number of nitrogens with zero attached hydrogens (tertiary/aromatic N) is 3. The quantitative estimate of drug-likeness (QED) is 0.601. The van der Waals surface area contributed by atoms with Crippen molar-refractivity contribution in [2.45, 2.75) is 32.2 Å². The summed E-state index contributed by atoms with van der Waals surface area (Å²) < 4.78 is 0. The van der Waals surface area contributed by atoms with Gasteiger partial charge in [-0.15, -0.1) is 0 Å². The zero-order chi connectivity index (χ0) is 14.2. The molecule has 1 fully saturated rings. The molecule has 0 aromatic carbocycles. The molecule has 20 heavy (non-hydrogen) atoms. The van der Waals surface area contributed by atoms with Crippen LogP contribution >= 0.6 is 0 Å². The average molecular weight is 275 g/mol. The number of nitrogens with two attached hydrogens (primary N) is 1. The van der Waals surface area contributed by atoms with Gasteiger partial charge < -0.3 is 11.1 Å². The van der Waals surface area contributed by atoms with Gasteiger partial charge >= 0.3 is 0 Å². The highest BCUT2D eigenvalue weighted by molar-refractivity contribution is 5.77. The molecule has 0 saturated carbocycles. The second-order valence-corrected chi connectivity index (χ2v) is 5.19. The van der Waals surface area contributed by atoms with Crippen LogP contribution in [-0.2, 0) is 6.42 Å². The lowest BCUT2D eigenvalue weighted by Gasteiger charge is -2.20. The number of guanidine groups is 1. The van der Waals surface area contributed by atoms with Gasteiger partial charge in [0.15, 0.2) is 5.96 Å². The highest BCUT2D eigenvalue weighted by Gasteiger charge is 2.22. The Morgan fingerprint density at radius 3 is 3.25 bits per heavy atom. The Morgan fingerprint density at radius 1 is 1.60 bits per heavy atom. The first kappa shape index (κ1) is 14.8. The van der Waals surface area contributed by atoms with E-state index in [0.717, 1.165) is 26.1 Å². The molecule has 5 nitrogen and oxygen atoms in total. The molecule has 0 bridgehead atoms. The monoisotopic (exact) mass is 275 g/mol. The first-order valence-electron chi connectivity index (χ1n) is 7.46. The summed E-state index contributed by atoms with van der Waals surface area (Å²) in [6, 6.07) is 4.59. The zero-order valence-corrected chi connectivity index (χ0v) is 12.3. The van der Waals surface area contributed by atoms with Gasteiger partial charge in [-0.05, 0) is 44.0 Å². The summed E-state index contributed by atoms with van der Waals surface area (Å²) in [4.78, 5) is 11.0. The van der Waals surface area contributed by atoms with Crippen molar-refractivity contribution in [2.24, 2.45) is 10.7 Å². The van der Waals surface area contributed by atoms with E-state index in [2.05, 4.69) is 33.2 Å². The Kier molecular flexibility index (Phi) is 5.80. The first-order chi connectivity index (χ1) is 9.79. The Balaban J connectivity index is 1.69. The van der Waals surface area contributed by atoms with Crippen LogP contribution in [0.1, 0.15) is 25.3 Å². The number of hydrogen-bond acceptors (Lipinski definition) is 3. The molecule has 1 aromatic heterocycles. The van der Waals surface area contributed by atoms with E-state index in [1.165, 1.54) is 24.9 Å². The van der Waals surface area contributed by atoms with Crippen LogP contribution in [-0.4, -0.2) is 48.1 Å². The van der Waals surface area contributed by atoms with Crippen LogP contribution in [0, 0.1) is 0 Å². The van der Waals surface area contributed by atoms with Crippen LogP contribution in [0.3, 0.4) is 0 Å². The summed E-state index contributed by atoms with van der Waals surface area (Å²) in [5.41, 5.74) is 7.12. The third kappa shape index (κ3) is 4.49. The summed E-state index contributed by atoms with van der Waals surface area (Å²) in [7, 11) is 0. The molecular weight excluding hydrogens is 250 g/mol. The topological polar surface area (TPSA) is 66.5 Å². The lowest BCUT2D eigenvalue weighted by Crippen LogP contribution is -2.36. The number of hydrogen-bond donors (Lipinski definition) is 2. The van der Waals surface area contributed by atoms with E-state index in [9.17, 15) is 0 Å². The highest BCUT2D eigenvalue weighted by atomic mass is 15.2. The standard InChI is InChI=1S/C15H25N5/c1-2-20-10-4-6-14(20)12-19-15(16)18-9-7-13-5-3-8-17-11-13/h3,5,8,11,14H,2,4,6-7,9-10,12H2,1H3,(H3,16,18,19). The maximum absolute atomic E-state index is 5.91. The second-order valence-electron chi connectivity index (χ2n) is 5.19. The van der Waals surface area contributed by atoms with E-state index in [4.69, 9.17) is 5.73 Å². The summed E-state index contributed by atoms with van der Waals surface area (Å²) in [6.07, 6.45) is 7.09. The van der Waals surface area contributed by atoms with Crippen molar-refractivity contribution in [3.8, 4) is 0 Å². The number of rotatable bonds is 6. The van der Waals surface area contributed by atoms with Crippen molar-refractivity contribution in [1.29, 1.82) is 0 Å². The van der Waals surface area contributed by atoms with Crippen molar-refractivity contribution >= 4 is 5.96 Å². The van der Waals surface area contributed by atoms with Crippen molar-refractivity contribution in [2.75, 3.05) is 26.2 Å². The van der Waals surface area contributed by atoms with Gasteiger partial charge in [-0.1, -0.05) is 13.0 Å². The van der Waals surface area contributed by atoms with Crippen molar-refractivity contribution < 1.29 is 0 Å². The fourth-order valence-electron chi connectivity index (χ4n) is 2.66. The molecule has 5 heteroatoms. The summed E-state index contributed by atoms with van der Waals surface area (Å²) in [5.74, 6) is 0.553. The highest BCUT2D eigenvalue weighted by Crippen LogP contribution is 2.16. The van der Waals surface area contributed by atoms with E-state index in [1.807, 2.05) is 12.3 Å². The van der Waals surface area contributed by atoms with Crippen LogP contribution in [0.15, 0.2) is 29.5 Å². The Bertz CT molecular complexity index is 418. The number of likely N-dealkylation sites (N-methyl/N-ethyl adjacent to an activating group) is 1. The average Bonchev–Trinajstić information content (AvgIpc) is 2.94. The van der Waals surface area contributed by atoms with Crippen LogP contribution in [0.25, 0.3) is 0 Å². The van der Waals surface area contributed by atoms with E-state index in [-0.39, 0.29) is 0 Å². The molecular formula is C15H25N5. The molecule has 2 rings (SSSR count). The Hall–Kier alpha value is -1.62. The predicted molar refractivity (Wildman–Crippen MR) is 82.7 cm³/mol. The zero-order valence-electron chi connectivity index (χ0n) is 12.3. The molecule has 1 aliphatic rings. The number of aliphatic imine (C=N–C) groups is 1. The predicted octanol–water partition coefficient (Wildman–Crippen LogP) is 1.01. The molecule has 110 valence electrons. The van der Waals surface area contributed by atoms with Crippen molar-refractivity contribution in [3.05, 3.63) is 30.1 Å². The Labute approximate surface area is 121 Å². The molecule has 3 N–H and O–H groups in total. The van der Waals surface area contributed by atoms with Crippen LogP contribution in [0.2, 0.25) is 0 Å². The van der Waals surface area contributed by atoms with E-state index in [1.54, 1.807) is 6.20 Å². The minimum absolute atomic E-state index is 0.553. The lowest BCUT2D eigenvalue weighted by molar-refractivity contribution is 0.273. The van der Waals surface area contributed by atoms with Gasteiger partial charge in [0.05, 0.1) is 6.54 Å². The molecule has 1 aromatic rings. The summed E-state index contributed by atoms with van der Waals surface area (Å²) >= 11 is 0. The van der Waals surface area contributed by atoms with Gasteiger partial charge in [0.25, 0.3) is 0 Å². The van der Waals surface area contributed by atoms with Crippen molar-refractivity contribution in [3.63, 3.8) is 0 Å². The molecule has 0 radical (unpaired) electrons. The number of nitrogens with one attached hydrogen (secondary N) is 1. The van der Waals surface area contributed by atoms with Crippen LogP contribution in [0.5, 0.6) is 0 Å². The van der Waals surface area contributed by atoms with E-state index >= 15 is 0 Å². The minimum Gasteiger partial charge on any atom is -0.370 e. The van der Waals surface area contributed by atoms with Gasteiger partial charge in [0.1, 0.15) is 0 Å². The van der Waals surface area contributed by atoms with Gasteiger partial charge in [0.2, 0.25) is 0 Å². The van der Waals surface area contributed by atoms with Gasteiger partial charge in [-0.2, -0.15) is 0 Å². The molecule has 1 atom stereocenters. The minimum atomic E-state index is 0.553. The molecule has 2 heterocycles. The normalized spacial score (nSPS) is 20.2. The first-order valence-corrected chi connectivity index (χ1v) is 7.46. The van der Waals surface area contributed by atoms with Gasteiger partial charge in [-0.3, -0.25) is 14.9 Å². The van der Waals surface area contributed by atoms with Crippen LogP contribution in [0.4, 0.5) is 0 Å². The van der Waals surface area contributed by atoms with Gasteiger partial charge in [-0.25, -0.2) is 0 Å². The number of aromatic nitrogens is 1. The van der Waals surface area contributed by atoms with Crippen molar-refractivity contribution in [1.82, 2.24) is 15.2 Å². The SMILES string of the molecule is CCN1CCCC1CN=C(N)NCCc1cccnc1. The fourth-order valence-corrected chi connectivity index (χ4v) is 2.66. The van der Waals surface area contributed by atoms with Crippen LogP contribution < -0.4 is 11.1 Å². The largest absolute Gasteiger partial charge is 0.370 e. The third-order valence-electron chi connectivity index (χ3n) is 3.82. The molecule has 1 aliphatic heterocycles.